The molecule has 226 valence electrons. The molecule has 1 aromatic carbocycles. The lowest BCUT2D eigenvalue weighted by molar-refractivity contribution is -0.0271. The van der Waals surface area contributed by atoms with E-state index in [9.17, 15) is 8.78 Å². The summed E-state index contributed by atoms with van der Waals surface area (Å²) < 4.78 is 45.7. The highest BCUT2D eigenvalue weighted by Gasteiger charge is 2.39. The van der Waals surface area contributed by atoms with Crippen LogP contribution in [0.2, 0.25) is 0 Å². The van der Waals surface area contributed by atoms with Gasteiger partial charge in [-0.3, -0.25) is 0 Å². The molecule has 0 aliphatic heterocycles. The molecular formula is C35H54F2O3. The number of rotatable bonds is 11. The molecule has 5 rings (SSSR count). The molecule has 0 spiro atoms. The van der Waals surface area contributed by atoms with E-state index in [4.69, 9.17) is 14.2 Å². The number of ether oxygens (including phenoxy) is 3. The molecule has 4 atom stereocenters. The smallest absolute Gasteiger partial charge is 0.204 e. The van der Waals surface area contributed by atoms with Gasteiger partial charge in [0.2, 0.25) is 11.6 Å². The Morgan fingerprint density at radius 3 is 1.82 bits per heavy atom. The van der Waals surface area contributed by atoms with Gasteiger partial charge < -0.3 is 14.2 Å². The summed E-state index contributed by atoms with van der Waals surface area (Å²) in [7, 11) is 0. The zero-order valence-corrected chi connectivity index (χ0v) is 25.2. The molecule has 0 heterocycles. The van der Waals surface area contributed by atoms with E-state index in [1.54, 1.807) is 6.92 Å². The van der Waals surface area contributed by atoms with E-state index in [0.29, 0.717) is 25.2 Å². The van der Waals surface area contributed by atoms with Gasteiger partial charge in [0.05, 0.1) is 19.3 Å². The monoisotopic (exact) mass is 560 g/mol. The Morgan fingerprint density at radius 2 is 1.15 bits per heavy atom. The lowest BCUT2D eigenvalue weighted by atomic mass is 9.61. The molecule has 40 heavy (non-hydrogen) atoms. The summed E-state index contributed by atoms with van der Waals surface area (Å²) in [5, 5.41) is 0. The zero-order valence-electron chi connectivity index (χ0n) is 25.2. The van der Waals surface area contributed by atoms with Gasteiger partial charge in [-0.25, -0.2) is 0 Å². The van der Waals surface area contributed by atoms with Crippen molar-refractivity contribution in [2.75, 3.05) is 19.8 Å². The summed E-state index contributed by atoms with van der Waals surface area (Å²) in [5.41, 5.74) is 0. The quantitative estimate of drug-likeness (QED) is 0.270. The molecule has 4 fully saturated rings. The Balaban J connectivity index is 0.970. The minimum atomic E-state index is -0.969. The molecule has 0 bridgehead atoms. The fourth-order valence-corrected chi connectivity index (χ4v) is 8.80. The summed E-state index contributed by atoms with van der Waals surface area (Å²) >= 11 is 0. The van der Waals surface area contributed by atoms with E-state index < -0.39 is 11.6 Å². The van der Waals surface area contributed by atoms with Crippen LogP contribution < -0.4 is 9.47 Å². The Labute approximate surface area is 242 Å². The molecule has 4 saturated carbocycles. The number of halogens is 2. The first kappa shape index (κ1) is 30.1. The van der Waals surface area contributed by atoms with Crippen molar-refractivity contribution >= 4 is 0 Å². The lowest BCUT2D eigenvalue weighted by Crippen LogP contribution is -2.36. The Hall–Kier alpha value is -1.36. The largest absolute Gasteiger partial charge is 0.491 e. The van der Waals surface area contributed by atoms with Crippen molar-refractivity contribution in [1.29, 1.82) is 0 Å². The molecule has 0 amide bonds. The van der Waals surface area contributed by atoms with Crippen molar-refractivity contribution in [1.82, 2.24) is 0 Å². The lowest BCUT2D eigenvalue weighted by Gasteiger charge is -2.45. The van der Waals surface area contributed by atoms with E-state index in [1.165, 1.54) is 89.2 Å². The van der Waals surface area contributed by atoms with E-state index in [2.05, 4.69) is 6.92 Å². The van der Waals surface area contributed by atoms with Gasteiger partial charge in [-0.15, -0.1) is 0 Å². The van der Waals surface area contributed by atoms with Crippen LogP contribution in [0.3, 0.4) is 0 Å². The second-order valence-corrected chi connectivity index (χ2v) is 13.8. The fourth-order valence-electron chi connectivity index (χ4n) is 8.80. The summed E-state index contributed by atoms with van der Waals surface area (Å²) in [4.78, 5) is 0. The maximum Gasteiger partial charge on any atom is 0.204 e. The molecule has 4 unspecified atom stereocenters. The molecule has 0 aromatic heterocycles. The van der Waals surface area contributed by atoms with Gasteiger partial charge in [0.25, 0.3) is 0 Å². The number of hydrogen-bond donors (Lipinski definition) is 0. The zero-order chi connectivity index (χ0) is 27.9. The van der Waals surface area contributed by atoms with Crippen molar-refractivity contribution in [2.45, 2.75) is 123 Å². The predicted molar refractivity (Wildman–Crippen MR) is 157 cm³/mol. The van der Waals surface area contributed by atoms with Gasteiger partial charge >= 0.3 is 0 Å². The van der Waals surface area contributed by atoms with Gasteiger partial charge in [-0.1, -0.05) is 32.6 Å². The van der Waals surface area contributed by atoms with Gasteiger partial charge in [-0.2, -0.15) is 8.78 Å². The van der Waals surface area contributed by atoms with Gasteiger partial charge in [-0.05, 0) is 138 Å². The van der Waals surface area contributed by atoms with Crippen LogP contribution in [0.25, 0.3) is 0 Å². The van der Waals surface area contributed by atoms with Gasteiger partial charge in [0.15, 0.2) is 11.5 Å². The van der Waals surface area contributed by atoms with E-state index in [-0.39, 0.29) is 11.5 Å². The third-order valence-corrected chi connectivity index (χ3v) is 11.2. The minimum absolute atomic E-state index is 0.0247. The SMILES string of the molecule is CCCC1CCC(C2CCC3CC(COC4CCC(COc5ccc(OCC)c(F)c5F)CC4)CCC3C2)CC1. The highest BCUT2D eigenvalue weighted by Crippen LogP contribution is 2.49. The van der Waals surface area contributed by atoms with Crippen molar-refractivity contribution in [2.24, 2.45) is 41.4 Å². The van der Waals surface area contributed by atoms with Crippen LogP contribution >= 0.6 is 0 Å². The normalized spacial score (nSPS) is 34.7. The summed E-state index contributed by atoms with van der Waals surface area (Å²) in [6.45, 7) is 5.73. The highest BCUT2D eigenvalue weighted by atomic mass is 19.2. The first-order chi connectivity index (χ1) is 19.5. The van der Waals surface area contributed by atoms with E-state index in [0.717, 1.165) is 67.8 Å². The van der Waals surface area contributed by atoms with Crippen LogP contribution in [0.5, 0.6) is 11.5 Å². The molecule has 5 heteroatoms. The average molecular weight is 561 g/mol. The maximum absolute atomic E-state index is 14.3. The molecule has 0 N–H and O–H groups in total. The second-order valence-electron chi connectivity index (χ2n) is 13.8. The van der Waals surface area contributed by atoms with E-state index in [1.807, 2.05) is 0 Å². The van der Waals surface area contributed by atoms with Crippen LogP contribution in [0.4, 0.5) is 8.78 Å². The van der Waals surface area contributed by atoms with Gasteiger partial charge in [0.1, 0.15) is 0 Å². The van der Waals surface area contributed by atoms with Crippen molar-refractivity contribution in [3.63, 3.8) is 0 Å². The van der Waals surface area contributed by atoms with Crippen LogP contribution in [-0.2, 0) is 4.74 Å². The van der Waals surface area contributed by atoms with Gasteiger partial charge in [0, 0.05) is 6.61 Å². The first-order valence-electron chi connectivity index (χ1n) is 16.9. The molecule has 4 aliphatic rings. The fraction of sp³-hybridized carbons (Fsp3) is 0.829. The third kappa shape index (κ3) is 7.72. The molecular weight excluding hydrogens is 506 g/mol. The van der Waals surface area contributed by atoms with Crippen LogP contribution in [0, 0.1) is 53.1 Å². The molecule has 4 aliphatic carbocycles. The summed E-state index contributed by atoms with van der Waals surface area (Å²) in [6, 6.07) is 2.91. The number of fused-ring (bicyclic) bond motifs is 1. The molecule has 0 saturated heterocycles. The maximum atomic E-state index is 14.3. The average Bonchev–Trinajstić information content (AvgIpc) is 2.99. The first-order valence-corrected chi connectivity index (χ1v) is 16.9. The highest BCUT2D eigenvalue weighted by molar-refractivity contribution is 5.35. The van der Waals surface area contributed by atoms with Crippen molar-refractivity contribution in [3.05, 3.63) is 23.8 Å². The van der Waals surface area contributed by atoms with E-state index >= 15 is 0 Å². The summed E-state index contributed by atoms with van der Waals surface area (Å²) in [6.07, 6.45) is 21.9. The standard InChI is InChI=1S/C35H54F2O3/c1-3-5-24-6-11-27(12-7-24)29-15-14-28-20-26(8-13-30(28)21-29)23-39-31-16-9-25(10-17-31)22-40-33-19-18-32(38-4-2)34(36)35(33)37/h18-19,24-31H,3-17,20-23H2,1-2H3. The summed E-state index contributed by atoms with van der Waals surface area (Å²) in [5.74, 6) is 4.07. The predicted octanol–water partition coefficient (Wildman–Crippen LogP) is 9.76. The Kier molecular flexibility index (Phi) is 11.1. The number of benzene rings is 1. The number of hydrogen-bond acceptors (Lipinski definition) is 3. The van der Waals surface area contributed by atoms with Crippen LogP contribution in [0.1, 0.15) is 117 Å². The van der Waals surface area contributed by atoms with Crippen molar-refractivity contribution < 1.29 is 23.0 Å². The van der Waals surface area contributed by atoms with Crippen LogP contribution in [-0.4, -0.2) is 25.9 Å². The third-order valence-electron chi connectivity index (χ3n) is 11.2. The van der Waals surface area contributed by atoms with Crippen molar-refractivity contribution in [3.8, 4) is 11.5 Å². The molecule has 3 nitrogen and oxygen atoms in total. The van der Waals surface area contributed by atoms with Crippen LogP contribution in [0.15, 0.2) is 12.1 Å². The molecule has 0 radical (unpaired) electrons. The minimum Gasteiger partial charge on any atom is -0.491 e. The topological polar surface area (TPSA) is 27.7 Å². The molecule has 1 aromatic rings. The second kappa shape index (κ2) is 14.7. The Bertz CT molecular complexity index is 906. The Morgan fingerprint density at radius 1 is 0.600 bits per heavy atom.